The zero-order chi connectivity index (χ0) is 21.3. The predicted octanol–water partition coefficient (Wildman–Crippen LogP) is 2.13. The number of aromatic amines is 1. The van der Waals surface area contributed by atoms with Crippen molar-refractivity contribution in [3.05, 3.63) is 29.6 Å². The van der Waals surface area contributed by atoms with Crippen molar-refractivity contribution in [3.63, 3.8) is 0 Å². The normalized spacial score (nSPS) is 18.9. The molecule has 1 saturated heterocycles. The van der Waals surface area contributed by atoms with Gasteiger partial charge in [0.15, 0.2) is 0 Å². The van der Waals surface area contributed by atoms with Gasteiger partial charge in [-0.3, -0.25) is 9.89 Å². The van der Waals surface area contributed by atoms with Crippen molar-refractivity contribution in [2.45, 2.75) is 47.9 Å². The van der Waals surface area contributed by atoms with Crippen molar-refractivity contribution in [2.75, 3.05) is 31.6 Å². The number of amides is 1. The Kier molecular flexibility index (Phi) is 6.14. The number of morpholine rings is 1. The van der Waals surface area contributed by atoms with Crippen LogP contribution in [-0.2, 0) is 19.6 Å². The molecular formula is C19H25N5O4S2. The Labute approximate surface area is 180 Å². The highest BCUT2D eigenvalue weighted by Gasteiger charge is 2.29. The molecule has 2 aliphatic rings. The molecule has 2 fully saturated rings. The molecule has 11 heteroatoms. The minimum absolute atomic E-state index is 0.200. The largest absolute Gasteiger partial charge is 0.379 e. The first kappa shape index (κ1) is 21.3. The van der Waals surface area contributed by atoms with Crippen LogP contribution in [0.5, 0.6) is 0 Å². The van der Waals surface area contributed by atoms with E-state index in [1.807, 2.05) is 0 Å². The summed E-state index contributed by atoms with van der Waals surface area (Å²) in [4.78, 5) is 17.3. The first-order valence-corrected chi connectivity index (χ1v) is 12.2. The fourth-order valence-corrected chi connectivity index (χ4v) is 5.58. The second kappa shape index (κ2) is 8.66. The first-order valence-electron chi connectivity index (χ1n) is 9.93. The van der Waals surface area contributed by atoms with Crippen LogP contribution in [0.3, 0.4) is 0 Å². The topological polar surface area (TPSA) is 117 Å². The summed E-state index contributed by atoms with van der Waals surface area (Å²) in [5.41, 5.74) is 1.08. The Hall–Kier alpha value is -1.95. The monoisotopic (exact) mass is 451 g/mol. The summed E-state index contributed by atoms with van der Waals surface area (Å²) in [5, 5.41) is 10.0. The first-order chi connectivity index (χ1) is 14.3. The summed E-state index contributed by atoms with van der Waals surface area (Å²) in [6.45, 7) is 4.93. The van der Waals surface area contributed by atoms with E-state index in [0.29, 0.717) is 48.6 Å². The molecule has 0 spiro atoms. The maximum absolute atomic E-state index is 13.0. The molecule has 30 heavy (non-hydrogen) atoms. The molecule has 2 aromatic rings. The molecular weight excluding hydrogens is 426 g/mol. The van der Waals surface area contributed by atoms with Crippen molar-refractivity contribution < 1.29 is 17.9 Å². The summed E-state index contributed by atoms with van der Waals surface area (Å²) >= 11 is 1.27. The van der Waals surface area contributed by atoms with E-state index in [9.17, 15) is 13.2 Å². The summed E-state index contributed by atoms with van der Waals surface area (Å²) in [7, 11) is -3.65. The van der Waals surface area contributed by atoms with Gasteiger partial charge >= 0.3 is 0 Å². The molecule has 9 nitrogen and oxygen atoms in total. The van der Waals surface area contributed by atoms with Gasteiger partial charge in [-0.15, -0.1) is 5.10 Å². The molecule has 2 heterocycles. The minimum Gasteiger partial charge on any atom is -0.379 e. The van der Waals surface area contributed by atoms with E-state index in [2.05, 4.69) is 20.5 Å². The Morgan fingerprint density at radius 2 is 2.07 bits per heavy atom. The SMILES string of the molecule is Cc1ccc(NC(=O)C(C)Sc2n[nH]c(C3CC3)n2)cc1S(=O)(=O)N1CCOCC1. The van der Waals surface area contributed by atoms with Crippen LogP contribution in [0.25, 0.3) is 0 Å². The number of hydrogen-bond acceptors (Lipinski definition) is 7. The molecule has 1 atom stereocenters. The van der Waals surface area contributed by atoms with Crippen LogP contribution in [0.4, 0.5) is 5.69 Å². The van der Waals surface area contributed by atoms with Crippen LogP contribution in [0.2, 0.25) is 0 Å². The number of aromatic nitrogens is 3. The van der Waals surface area contributed by atoms with Crippen molar-refractivity contribution in [1.82, 2.24) is 19.5 Å². The van der Waals surface area contributed by atoms with Crippen molar-refractivity contribution in [2.24, 2.45) is 0 Å². The lowest BCUT2D eigenvalue weighted by molar-refractivity contribution is -0.115. The number of thioether (sulfide) groups is 1. The molecule has 1 unspecified atom stereocenters. The van der Waals surface area contributed by atoms with Crippen LogP contribution in [-0.4, -0.2) is 65.4 Å². The predicted molar refractivity (Wildman–Crippen MR) is 113 cm³/mol. The summed E-state index contributed by atoms with van der Waals surface area (Å²) in [6.07, 6.45) is 2.25. The average molecular weight is 452 g/mol. The second-order valence-electron chi connectivity index (χ2n) is 7.52. The van der Waals surface area contributed by atoms with Gasteiger partial charge in [0.25, 0.3) is 0 Å². The molecule has 0 radical (unpaired) electrons. The lowest BCUT2D eigenvalue weighted by Gasteiger charge is -2.27. The van der Waals surface area contributed by atoms with Crippen LogP contribution < -0.4 is 5.32 Å². The van der Waals surface area contributed by atoms with Crippen LogP contribution in [0.15, 0.2) is 28.3 Å². The highest BCUT2D eigenvalue weighted by Crippen LogP contribution is 2.38. The molecule has 1 amide bonds. The quantitative estimate of drug-likeness (QED) is 0.619. The summed E-state index contributed by atoms with van der Waals surface area (Å²) in [6, 6.07) is 4.94. The number of anilines is 1. The van der Waals surface area contributed by atoms with Gasteiger partial charge < -0.3 is 10.1 Å². The molecule has 162 valence electrons. The van der Waals surface area contributed by atoms with Gasteiger partial charge in [-0.05, 0) is 44.4 Å². The molecule has 0 bridgehead atoms. The number of benzene rings is 1. The smallest absolute Gasteiger partial charge is 0.243 e. The van der Waals surface area contributed by atoms with Crippen LogP contribution >= 0.6 is 11.8 Å². The van der Waals surface area contributed by atoms with E-state index in [1.54, 1.807) is 26.0 Å². The number of rotatable bonds is 7. The Morgan fingerprint density at radius 1 is 1.33 bits per heavy atom. The van der Waals surface area contributed by atoms with E-state index < -0.39 is 15.3 Å². The van der Waals surface area contributed by atoms with Gasteiger partial charge in [-0.2, -0.15) is 4.31 Å². The fourth-order valence-electron chi connectivity index (χ4n) is 3.19. The minimum atomic E-state index is -3.65. The number of carbonyl (C=O) groups is 1. The Balaban J connectivity index is 1.44. The van der Waals surface area contributed by atoms with Crippen LogP contribution in [0.1, 0.15) is 37.1 Å². The lowest BCUT2D eigenvalue weighted by atomic mass is 10.2. The van der Waals surface area contributed by atoms with Crippen molar-refractivity contribution >= 4 is 33.4 Å². The number of nitrogens with one attached hydrogen (secondary N) is 2. The number of hydrogen-bond donors (Lipinski definition) is 2. The highest BCUT2D eigenvalue weighted by molar-refractivity contribution is 8.00. The zero-order valence-electron chi connectivity index (χ0n) is 16.9. The lowest BCUT2D eigenvalue weighted by Crippen LogP contribution is -2.40. The Bertz CT molecular complexity index is 1030. The highest BCUT2D eigenvalue weighted by atomic mass is 32.2. The van der Waals surface area contributed by atoms with Gasteiger partial charge in [0.1, 0.15) is 5.82 Å². The standard InChI is InChI=1S/C19H25N5O4S2/c1-12-3-6-15(11-16(12)30(26,27)24-7-9-28-10-8-24)20-18(25)13(2)29-19-21-17(22-23-19)14-4-5-14/h3,6,11,13-14H,4-5,7-10H2,1-2H3,(H,20,25)(H,21,22,23). The third-order valence-corrected chi connectivity index (χ3v) is 8.14. The number of sulfonamides is 1. The number of nitrogens with zero attached hydrogens (tertiary/aromatic N) is 3. The number of ether oxygens (including phenoxy) is 1. The summed E-state index contributed by atoms with van der Waals surface area (Å²) < 4.78 is 32.7. The third-order valence-electron chi connectivity index (χ3n) is 5.14. The van der Waals surface area contributed by atoms with Gasteiger partial charge in [-0.25, -0.2) is 13.4 Å². The molecule has 2 N–H and O–H groups in total. The third kappa shape index (κ3) is 4.69. The average Bonchev–Trinajstić information content (AvgIpc) is 3.49. The van der Waals surface area contributed by atoms with Gasteiger partial charge in [0.05, 0.1) is 23.4 Å². The van der Waals surface area contributed by atoms with Gasteiger partial charge in [0, 0.05) is 24.7 Å². The second-order valence-corrected chi connectivity index (χ2v) is 10.7. The Morgan fingerprint density at radius 3 is 2.77 bits per heavy atom. The van der Waals surface area contributed by atoms with Crippen molar-refractivity contribution in [3.8, 4) is 0 Å². The van der Waals surface area contributed by atoms with E-state index in [1.165, 1.54) is 22.1 Å². The van der Waals surface area contributed by atoms with Crippen molar-refractivity contribution in [1.29, 1.82) is 0 Å². The van der Waals surface area contributed by atoms with E-state index in [-0.39, 0.29) is 10.8 Å². The van der Waals surface area contributed by atoms with Crippen LogP contribution in [0, 0.1) is 6.92 Å². The zero-order valence-corrected chi connectivity index (χ0v) is 18.6. The van der Waals surface area contributed by atoms with Gasteiger partial charge in [-0.1, -0.05) is 17.8 Å². The molecule has 1 aromatic heterocycles. The summed E-state index contributed by atoms with van der Waals surface area (Å²) in [5.74, 6) is 1.10. The molecule has 1 saturated carbocycles. The maximum Gasteiger partial charge on any atom is 0.243 e. The van der Waals surface area contributed by atoms with E-state index in [0.717, 1.165) is 18.7 Å². The number of aryl methyl sites for hydroxylation is 1. The molecule has 1 aliphatic heterocycles. The fraction of sp³-hybridized carbons (Fsp3) is 0.526. The number of H-pyrrole nitrogens is 1. The van der Waals surface area contributed by atoms with E-state index >= 15 is 0 Å². The molecule has 4 rings (SSSR count). The van der Waals surface area contributed by atoms with Gasteiger partial charge in [0.2, 0.25) is 21.1 Å². The van der Waals surface area contributed by atoms with E-state index in [4.69, 9.17) is 4.74 Å². The maximum atomic E-state index is 13.0. The number of carbonyl (C=O) groups excluding carboxylic acids is 1. The molecule has 1 aromatic carbocycles. The molecule has 1 aliphatic carbocycles.